The molecule has 1 N–H and O–H groups in total. The van der Waals surface area contributed by atoms with Crippen LogP contribution < -0.4 is 5.32 Å². The maximum absolute atomic E-state index is 11.7. The van der Waals surface area contributed by atoms with Crippen LogP contribution in [0.2, 0.25) is 0 Å². The van der Waals surface area contributed by atoms with Gasteiger partial charge in [-0.05, 0) is 19.9 Å². The van der Waals surface area contributed by atoms with Crippen molar-refractivity contribution in [3.05, 3.63) is 0 Å². The average Bonchev–Trinajstić information content (AvgIpc) is 2.13. The van der Waals surface area contributed by atoms with Gasteiger partial charge in [-0.15, -0.1) is 0 Å². The molecule has 13 heavy (non-hydrogen) atoms. The summed E-state index contributed by atoms with van der Waals surface area (Å²) >= 11 is 0. The summed E-state index contributed by atoms with van der Waals surface area (Å²) in [7, 11) is 3.76. The summed E-state index contributed by atoms with van der Waals surface area (Å²) in [5.41, 5.74) is 0. The van der Waals surface area contributed by atoms with Crippen LogP contribution in [0.5, 0.6) is 0 Å². The van der Waals surface area contributed by atoms with E-state index in [0.29, 0.717) is 0 Å². The molecule has 0 spiro atoms. The molecular weight excluding hydrogens is 164 g/mol. The summed E-state index contributed by atoms with van der Waals surface area (Å²) in [4.78, 5) is 13.6. The first-order valence-corrected chi connectivity index (χ1v) is 5.06. The first kappa shape index (κ1) is 12.4. The standard InChI is InChI=1S/C10H22N2O/c1-5-7-12(4)10(13)9(6-2)8-11-3/h9,11H,5-8H2,1-4H3. The fourth-order valence-electron chi connectivity index (χ4n) is 1.41. The predicted octanol–water partition coefficient (Wildman–Crippen LogP) is 1.10. The molecule has 0 heterocycles. The van der Waals surface area contributed by atoms with E-state index in [2.05, 4.69) is 19.2 Å². The van der Waals surface area contributed by atoms with Crippen molar-refractivity contribution in [2.45, 2.75) is 26.7 Å². The Morgan fingerprint density at radius 1 is 1.46 bits per heavy atom. The van der Waals surface area contributed by atoms with Gasteiger partial charge in [0.15, 0.2) is 0 Å². The second-order valence-corrected chi connectivity index (χ2v) is 3.42. The van der Waals surface area contributed by atoms with Crippen molar-refractivity contribution < 1.29 is 4.79 Å². The second-order valence-electron chi connectivity index (χ2n) is 3.42. The molecule has 0 saturated heterocycles. The molecule has 0 aromatic heterocycles. The van der Waals surface area contributed by atoms with E-state index in [1.807, 2.05) is 19.0 Å². The zero-order valence-electron chi connectivity index (χ0n) is 9.26. The van der Waals surface area contributed by atoms with E-state index in [1.165, 1.54) is 0 Å². The molecule has 0 aliphatic carbocycles. The van der Waals surface area contributed by atoms with Gasteiger partial charge in [-0.2, -0.15) is 0 Å². The molecule has 3 nitrogen and oxygen atoms in total. The van der Waals surface area contributed by atoms with Gasteiger partial charge in [0.25, 0.3) is 0 Å². The largest absolute Gasteiger partial charge is 0.345 e. The van der Waals surface area contributed by atoms with E-state index in [0.717, 1.165) is 25.9 Å². The SMILES string of the molecule is CCCN(C)C(=O)C(CC)CNC. The number of amides is 1. The third-order valence-electron chi connectivity index (χ3n) is 2.23. The molecule has 0 saturated carbocycles. The summed E-state index contributed by atoms with van der Waals surface area (Å²) in [5, 5.41) is 3.05. The van der Waals surface area contributed by atoms with Crippen LogP contribution in [-0.2, 0) is 4.79 Å². The highest BCUT2D eigenvalue weighted by Gasteiger charge is 2.18. The van der Waals surface area contributed by atoms with Crippen LogP contribution in [0.15, 0.2) is 0 Å². The van der Waals surface area contributed by atoms with E-state index in [4.69, 9.17) is 0 Å². The molecule has 3 heteroatoms. The second kappa shape index (κ2) is 6.89. The fraction of sp³-hybridized carbons (Fsp3) is 0.900. The molecule has 0 aromatic carbocycles. The first-order valence-electron chi connectivity index (χ1n) is 5.06. The minimum atomic E-state index is 0.140. The van der Waals surface area contributed by atoms with E-state index >= 15 is 0 Å². The Balaban J connectivity index is 4.02. The van der Waals surface area contributed by atoms with Gasteiger partial charge >= 0.3 is 0 Å². The Hall–Kier alpha value is -0.570. The molecule has 0 aliphatic heterocycles. The Morgan fingerprint density at radius 3 is 2.46 bits per heavy atom. The van der Waals surface area contributed by atoms with Crippen molar-refractivity contribution in [1.29, 1.82) is 0 Å². The third kappa shape index (κ3) is 4.27. The first-order chi connectivity index (χ1) is 6.17. The smallest absolute Gasteiger partial charge is 0.226 e. The molecule has 78 valence electrons. The number of nitrogens with zero attached hydrogens (tertiary/aromatic N) is 1. The highest BCUT2D eigenvalue weighted by Crippen LogP contribution is 2.05. The lowest BCUT2D eigenvalue weighted by molar-refractivity contribution is -0.134. The normalized spacial score (nSPS) is 12.6. The number of carbonyl (C=O) groups excluding carboxylic acids is 1. The highest BCUT2D eigenvalue weighted by molar-refractivity contribution is 5.78. The summed E-state index contributed by atoms with van der Waals surface area (Å²) in [5.74, 6) is 0.403. The zero-order valence-corrected chi connectivity index (χ0v) is 9.26. The van der Waals surface area contributed by atoms with Gasteiger partial charge in [0.2, 0.25) is 5.91 Å². The van der Waals surface area contributed by atoms with Crippen molar-refractivity contribution in [3.63, 3.8) is 0 Å². The number of rotatable bonds is 6. The predicted molar refractivity (Wildman–Crippen MR) is 55.6 cm³/mol. The van der Waals surface area contributed by atoms with E-state index in [9.17, 15) is 4.79 Å². The van der Waals surface area contributed by atoms with Crippen LogP contribution in [0.25, 0.3) is 0 Å². The van der Waals surface area contributed by atoms with Gasteiger partial charge < -0.3 is 10.2 Å². The maximum Gasteiger partial charge on any atom is 0.226 e. The molecule has 0 aromatic rings. The van der Waals surface area contributed by atoms with Crippen molar-refractivity contribution in [3.8, 4) is 0 Å². The quantitative estimate of drug-likeness (QED) is 0.673. The topological polar surface area (TPSA) is 32.3 Å². The summed E-state index contributed by atoms with van der Waals surface area (Å²) < 4.78 is 0. The van der Waals surface area contributed by atoms with Crippen LogP contribution >= 0.6 is 0 Å². The van der Waals surface area contributed by atoms with Crippen molar-refractivity contribution >= 4 is 5.91 Å². The van der Waals surface area contributed by atoms with Crippen molar-refractivity contribution in [1.82, 2.24) is 10.2 Å². The number of hydrogen-bond acceptors (Lipinski definition) is 2. The van der Waals surface area contributed by atoms with Gasteiger partial charge in [-0.25, -0.2) is 0 Å². The van der Waals surface area contributed by atoms with Crippen LogP contribution in [0.1, 0.15) is 26.7 Å². The van der Waals surface area contributed by atoms with Crippen LogP contribution in [0, 0.1) is 5.92 Å². The molecule has 1 atom stereocenters. The van der Waals surface area contributed by atoms with Crippen LogP contribution in [0.4, 0.5) is 0 Å². The van der Waals surface area contributed by atoms with E-state index < -0.39 is 0 Å². The average molecular weight is 186 g/mol. The summed E-state index contributed by atoms with van der Waals surface area (Å²) in [6, 6.07) is 0. The van der Waals surface area contributed by atoms with Gasteiger partial charge in [0.05, 0.1) is 5.92 Å². The minimum Gasteiger partial charge on any atom is -0.345 e. The van der Waals surface area contributed by atoms with Crippen LogP contribution in [0.3, 0.4) is 0 Å². The Labute approximate surface area is 81.5 Å². The monoisotopic (exact) mass is 186 g/mol. The number of carbonyl (C=O) groups is 1. The Kier molecular flexibility index (Phi) is 6.59. The Morgan fingerprint density at radius 2 is 2.08 bits per heavy atom. The summed E-state index contributed by atoms with van der Waals surface area (Å²) in [6.07, 6.45) is 1.94. The maximum atomic E-state index is 11.7. The number of nitrogens with one attached hydrogen (secondary N) is 1. The fourth-order valence-corrected chi connectivity index (χ4v) is 1.41. The van der Waals surface area contributed by atoms with E-state index in [1.54, 1.807) is 0 Å². The molecule has 0 fully saturated rings. The van der Waals surface area contributed by atoms with Gasteiger partial charge in [-0.1, -0.05) is 13.8 Å². The van der Waals surface area contributed by atoms with Gasteiger partial charge in [-0.3, -0.25) is 4.79 Å². The minimum absolute atomic E-state index is 0.140. The van der Waals surface area contributed by atoms with Crippen molar-refractivity contribution in [2.75, 3.05) is 27.2 Å². The lowest BCUT2D eigenvalue weighted by Gasteiger charge is -2.22. The van der Waals surface area contributed by atoms with Crippen molar-refractivity contribution in [2.24, 2.45) is 5.92 Å². The lowest BCUT2D eigenvalue weighted by atomic mass is 10.1. The van der Waals surface area contributed by atoms with E-state index in [-0.39, 0.29) is 11.8 Å². The Bertz CT molecular complexity index is 148. The van der Waals surface area contributed by atoms with Gasteiger partial charge in [0, 0.05) is 20.1 Å². The molecular formula is C10H22N2O. The molecule has 1 amide bonds. The van der Waals surface area contributed by atoms with Gasteiger partial charge in [0.1, 0.15) is 0 Å². The molecule has 0 radical (unpaired) electrons. The molecule has 0 bridgehead atoms. The zero-order chi connectivity index (χ0) is 10.3. The summed E-state index contributed by atoms with van der Waals surface area (Å²) in [6.45, 7) is 5.78. The molecule has 1 unspecified atom stereocenters. The molecule has 0 aliphatic rings. The lowest BCUT2D eigenvalue weighted by Crippen LogP contribution is -2.37. The number of hydrogen-bond donors (Lipinski definition) is 1. The highest BCUT2D eigenvalue weighted by atomic mass is 16.2. The third-order valence-corrected chi connectivity index (χ3v) is 2.23. The van der Waals surface area contributed by atoms with Crippen LogP contribution in [-0.4, -0.2) is 38.0 Å². The molecule has 0 rings (SSSR count).